The number of furan rings is 1. The summed E-state index contributed by atoms with van der Waals surface area (Å²) in [6.07, 6.45) is 0. The molecule has 2 aliphatic carbocycles. The summed E-state index contributed by atoms with van der Waals surface area (Å²) in [6.45, 7) is 4.70. The topological polar surface area (TPSA) is 16.4 Å². The number of fused-ring (bicyclic) bond motifs is 10. The van der Waals surface area contributed by atoms with Crippen molar-refractivity contribution in [2.45, 2.75) is 24.7 Å². The molecule has 1 aromatic heterocycles. The minimum atomic E-state index is -0.529. The molecule has 302 valence electrons. The number of nitrogens with zero attached hydrogens (tertiary/aromatic N) is 1. The molecule has 0 fully saturated rings. The Morgan fingerprint density at radius 1 is 0.344 bits per heavy atom. The second-order valence-corrected chi connectivity index (χ2v) is 18.0. The van der Waals surface area contributed by atoms with Gasteiger partial charge < -0.3 is 9.32 Å². The average molecular weight is 818 g/mol. The van der Waals surface area contributed by atoms with Crippen LogP contribution in [0.2, 0.25) is 0 Å². The lowest BCUT2D eigenvalue weighted by Gasteiger charge is -2.34. The van der Waals surface area contributed by atoms with E-state index in [0.29, 0.717) is 0 Å². The van der Waals surface area contributed by atoms with E-state index in [-0.39, 0.29) is 5.41 Å². The molecule has 2 aliphatic rings. The molecule has 0 bridgehead atoms. The molecular weight excluding hydrogens is 775 g/mol. The number of benzene rings is 10. The Bertz CT molecular complexity index is 3640. The Labute approximate surface area is 373 Å². The molecule has 0 spiro atoms. The van der Waals surface area contributed by atoms with Crippen molar-refractivity contribution >= 4 is 49.8 Å². The predicted octanol–water partition coefficient (Wildman–Crippen LogP) is 16.5. The number of hydrogen-bond acceptors (Lipinski definition) is 2. The van der Waals surface area contributed by atoms with Crippen molar-refractivity contribution in [2.75, 3.05) is 4.90 Å². The Morgan fingerprint density at radius 2 is 0.938 bits per heavy atom. The monoisotopic (exact) mass is 817 g/mol. The van der Waals surface area contributed by atoms with E-state index in [9.17, 15) is 0 Å². The van der Waals surface area contributed by atoms with Gasteiger partial charge in [-0.15, -0.1) is 0 Å². The van der Waals surface area contributed by atoms with Gasteiger partial charge in [0.2, 0.25) is 0 Å². The van der Waals surface area contributed by atoms with E-state index in [4.69, 9.17) is 4.42 Å². The highest BCUT2D eigenvalue weighted by atomic mass is 16.3. The highest BCUT2D eigenvalue weighted by molar-refractivity contribution is 6.07. The summed E-state index contributed by atoms with van der Waals surface area (Å²) in [5, 5.41) is 4.70. The second-order valence-electron chi connectivity index (χ2n) is 18.0. The van der Waals surface area contributed by atoms with Crippen molar-refractivity contribution in [1.29, 1.82) is 0 Å². The molecule has 1 heterocycles. The van der Waals surface area contributed by atoms with Crippen LogP contribution in [0, 0.1) is 0 Å². The molecular formula is C62H43NO. The third-order valence-electron chi connectivity index (χ3n) is 14.3. The first kappa shape index (κ1) is 36.7. The van der Waals surface area contributed by atoms with Crippen molar-refractivity contribution in [2.24, 2.45) is 0 Å². The molecule has 2 heteroatoms. The second kappa shape index (κ2) is 13.8. The molecule has 11 aromatic rings. The van der Waals surface area contributed by atoms with Crippen LogP contribution in [0.1, 0.15) is 47.2 Å². The molecule has 10 aromatic carbocycles. The van der Waals surface area contributed by atoms with E-state index in [1.54, 1.807) is 0 Å². The van der Waals surface area contributed by atoms with Gasteiger partial charge in [-0.25, -0.2) is 0 Å². The lowest BCUT2D eigenvalue weighted by Crippen LogP contribution is -2.28. The fraction of sp³-hybridized carbons (Fsp3) is 0.0645. The summed E-state index contributed by atoms with van der Waals surface area (Å²) < 4.78 is 6.87. The van der Waals surface area contributed by atoms with E-state index < -0.39 is 5.41 Å². The maximum absolute atomic E-state index is 6.87. The Balaban J connectivity index is 0.988. The van der Waals surface area contributed by atoms with E-state index in [1.165, 1.54) is 77.5 Å². The third-order valence-corrected chi connectivity index (χ3v) is 14.3. The highest BCUT2D eigenvalue weighted by Crippen LogP contribution is 2.58. The number of hydrogen-bond donors (Lipinski definition) is 0. The van der Waals surface area contributed by atoms with Gasteiger partial charge in [-0.2, -0.15) is 0 Å². The molecule has 2 nitrogen and oxygen atoms in total. The van der Waals surface area contributed by atoms with Crippen LogP contribution >= 0.6 is 0 Å². The van der Waals surface area contributed by atoms with Crippen molar-refractivity contribution < 1.29 is 4.42 Å². The first-order chi connectivity index (χ1) is 31.5. The SMILES string of the molecule is CC1(C)c2ccccc2-c2ccc(N(c3ccc(-c4ccccc4)cc3)c3ccc4c(c3)oc3ccc(C5(c6ccccc6)c6ccccc6-c6cc7ccccc7cc65)cc34)cc21. The van der Waals surface area contributed by atoms with Crippen molar-refractivity contribution in [3.8, 4) is 33.4 Å². The first-order valence-corrected chi connectivity index (χ1v) is 22.3. The van der Waals surface area contributed by atoms with Crippen LogP contribution < -0.4 is 4.90 Å². The van der Waals surface area contributed by atoms with Crippen LogP contribution in [0.4, 0.5) is 17.1 Å². The van der Waals surface area contributed by atoms with E-state index >= 15 is 0 Å². The Morgan fingerprint density at radius 3 is 1.72 bits per heavy atom. The zero-order valence-electron chi connectivity index (χ0n) is 35.7. The van der Waals surface area contributed by atoms with Crippen LogP contribution in [-0.4, -0.2) is 0 Å². The predicted molar refractivity (Wildman–Crippen MR) is 266 cm³/mol. The molecule has 0 amide bonds. The maximum atomic E-state index is 6.87. The number of anilines is 3. The molecule has 64 heavy (non-hydrogen) atoms. The molecule has 0 aliphatic heterocycles. The van der Waals surface area contributed by atoms with Gasteiger partial charge in [0.25, 0.3) is 0 Å². The van der Waals surface area contributed by atoms with Crippen LogP contribution in [0.25, 0.3) is 66.1 Å². The summed E-state index contributed by atoms with van der Waals surface area (Å²) in [5.41, 5.74) is 19.7. The van der Waals surface area contributed by atoms with E-state index in [0.717, 1.165) is 39.0 Å². The van der Waals surface area contributed by atoms with Gasteiger partial charge in [-0.3, -0.25) is 0 Å². The van der Waals surface area contributed by atoms with Gasteiger partial charge in [-0.1, -0.05) is 172 Å². The van der Waals surface area contributed by atoms with Crippen molar-refractivity contribution in [3.05, 3.63) is 258 Å². The summed E-state index contributed by atoms with van der Waals surface area (Å²) in [5.74, 6) is 0. The van der Waals surface area contributed by atoms with Gasteiger partial charge >= 0.3 is 0 Å². The van der Waals surface area contributed by atoms with Crippen molar-refractivity contribution in [3.63, 3.8) is 0 Å². The lowest BCUT2D eigenvalue weighted by molar-refractivity contribution is 0.660. The van der Waals surface area contributed by atoms with Crippen LogP contribution in [0.3, 0.4) is 0 Å². The van der Waals surface area contributed by atoms with E-state index in [2.05, 4.69) is 243 Å². The van der Waals surface area contributed by atoms with Gasteiger partial charge in [0.05, 0.1) is 5.41 Å². The minimum absolute atomic E-state index is 0.129. The normalized spacial score (nSPS) is 15.5. The highest BCUT2D eigenvalue weighted by Gasteiger charge is 2.46. The number of rotatable bonds is 6. The molecule has 0 saturated heterocycles. The van der Waals surface area contributed by atoms with Gasteiger partial charge in [0.1, 0.15) is 11.2 Å². The summed E-state index contributed by atoms with van der Waals surface area (Å²) in [6, 6.07) is 82.7. The van der Waals surface area contributed by atoms with Crippen LogP contribution in [-0.2, 0) is 10.8 Å². The summed E-state index contributed by atoms with van der Waals surface area (Å²) in [4.78, 5) is 2.38. The Hall–Kier alpha value is -7.94. The fourth-order valence-corrected chi connectivity index (χ4v) is 11.3. The van der Waals surface area contributed by atoms with E-state index in [1.807, 2.05) is 0 Å². The van der Waals surface area contributed by atoms with Gasteiger partial charge in [0, 0.05) is 39.3 Å². The van der Waals surface area contributed by atoms with Gasteiger partial charge in [0.15, 0.2) is 0 Å². The third kappa shape index (κ3) is 5.26. The van der Waals surface area contributed by atoms with Crippen LogP contribution in [0.15, 0.2) is 229 Å². The van der Waals surface area contributed by atoms with Crippen LogP contribution in [0.5, 0.6) is 0 Å². The smallest absolute Gasteiger partial charge is 0.137 e. The summed E-state index contributed by atoms with van der Waals surface area (Å²) in [7, 11) is 0. The molecule has 0 radical (unpaired) electrons. The minimum Gasteiger partial charge on any atom is -0.456 e. The lowest BCUT2D eigenvalue weighted by atomic mass is 9.67. The summed E-state index contributed by atoms with van der Waals surface area (Å²) >= 11 is 0. The van der Waals surface area contributed by atoms with Gasteiger partial charge in [-0.05, 0) is 138 Å². The molecule has 1 atom stereocenters. The standard InChI is InChI=1S/C62H43NO/c1-61(2)55-23-13-11-21-49(55)51-32-30-47(38-57(51)61)63(46-28-25-41(26-29-46)40-15-5-3-6-16-40)48-31-33-52-54-37-45(27-34-59(54)64-60(52)39-48)62(44-19-7-4-8-20-44)56-24-14-12-22-50(56)53-35-42-17-9-10-18-43(42)36-58(53)62/h3-39H,1-2H3. The molecule has 13 rings (SSSR count). The maximum Gasteiger partial charge on any atom is 0.137 e. The average Bonchev–Trinajstić information content (AvgIpc) is 3.94. The molecule has 0 saturated carbocycles. The quantitative estimate of drug-likeness (QED) is 0.166. The largest absolute Gasteiger partial charge is 0.456 e. The van der Waals surface area contributed by atoms with Crippen molar-refractivity contribution in [1.82, 2.24) is 0 Å². The zero-order chi connectivity index (χ0) is 42.6. The molecule has 1 unspecified atom stereocenters. The first-order valence-electron chi connectivity index (χ1n) is 22.3. The molecule has 0 N–H and O–H groups in total. The Kier molecular flexibility index (Phi) is 7.90. The fourth-order valence-electron chi connectivity index (χ4n) is 11.3. The zero-order valence-corrected chi connectivity index (χ0v) is 35.7.